The maximum atomic E-state index is 7.70. The molecule has 0 amide bonds. The minimum absolute atomic E-state index is 0.352. The third-order valence-electron chi connectivity index (χ3n) is 9.35. The van der Waals surface area contributed by atoms with Crippen LogP contribution in [-0.4, -0.2) is 11.9 Å². The Morgan fingerprint density at radius 3 is 0.694 bits per heavy atom. The molecule has 0 bridgehead atoms. The Balaban J connectivity index is 3.04. The Bertz CT molecular complexity index is 514. The van der Waals surface area contributed by atoms with E-state index in [1.165, 1.54) is 218 Å². The monoisotopic (exact) mass is 711 g/mol. The number of rotatable bonds is 46. The van der Waals surface area contributed by atoms with Gasteiger partial charge in [-0.05, 0) is 51.8 Å². The van der Waals surface area contributed by atoms with E-state index >= 15 is 0 Å². The van der Waals surface area contributed by atoms with Crippen LogP contribution in [0.2, 0.25) is 0 Å². The topological polar surface area (TPSA) is 113 Å². The quantitative estimate of drug-likeness (QED) is 0.0370. The predicted octanol–water partition coefficient (Wildman–Crippen LogP) is 13.9. The Labute approximate surface area is 299 Å². The minimum atomic E-state index is 0.352. The number of hydrogen-bond acceptors (Lipinski definition) is 11. The summed E-state index contributed by atoms with van der Waals surface area (Å²) in [7, 11) is 0. The van der Waals surface area contributed by atoms with Crippen molar-refractivity contribution in [1.29, 1.82) is 0 Å². The highest BCUT2D eigenvalue weighted by Gasteiger charge is 1.99. The molecule has 0 aliphatic heterocycles. The van der Waals surface area contributed by atoms with Crippen LogP contribution in [0.3, 0.4) is 0 Å². The minimum Gasteiger partial charge on any atom is -0.219 e. The number of unbranched alkanes of at least 4 members (excludes halogenated alkanes) is 35. The summed E-state index contributed by atoms with van der Waals surface area (Å²) in [6.07, 6.45) is 50.3. The van der Waals surface area contributed by atoms with Crippen molar-refractivity contribution < 1.29 is 55.5 Å². The van der Waals surface area contributed by atoms with Crippen LogP contribution in [0.4, 0.5) is 0 Å². The SMILES string of the molecule is CCCCCCCCCCCCCCCCCCCCCCCCCCCCCCCCCCCCCCOOOOOOOOOOO. The van der Waals surface area contributed by atoms with Crippen molar-refractivity contribution in [1.82, 2.24) is 0 Å². The molecular weight excluding hydrogens is 632 g/mol. The Hall–Kier alpha value is -0.440. The lowest BCUT2D eigenvalue weighted by molar-refractivity contribution is -0.854. The fourth-order valence-corrected chi connectivity index (χ4v) is 6.38. The lowest BCUT2D eigenvalue weighted by Crippen LogP contribution is -2.03. The van der Waals surface area contributed by atoms with Gasteiger partial charge in [-0.25, -0.2) is 10.1 Å². The van der Waals surface area contributed by atoms with Gasteiger partial charge in [0.25, 0.3) is 0 Å². The van der Waals surface area contributed by atoms with E-state index in [1.807, 2.05) is 0 Å². The molecule has 0 spiro atoms. The molecule has 11 heteroatoms. The van der Waals surface area contributed by atoms with Crippen molar-refractivity contribution in [3.63, 3.8) is 0 Å². The summed E-state index contributed by atoms with van der Waals surface area (Å²) in [5.41, 5.74) is 0. The Morgan fingerprint density at radius 1 is 0.245 bits per heavy atom. The van der Waals surface area contributed by atoms with Gasteiger partial charge < -0.3 is 0 Å². The second kappa shape index (κ2) is 47.6. The summed E-state index contributed by atoms with van der Waals surface area (Å²) in [4.78, 5) is 4.72. The van der Waals surface area contributed by atoms with Crippen molar-refractivity contribution in [2.24, 2.45) is 0 Å². The summed E-state index contributed by atoms with van der Waals surface area (Å²) >= 11 is 0. The molecule has 0 unspecified atom stereocenters. The van der Waals surface area contributed by atoms with Crippen LogP contribution >= 0.6 is 0 Å². The standard InChI is InChI=1S/C38H78O11/c1-2-3-4-5-6-7-8-9-10-11-12-13-14-15-16-17-18-19-20-21-22-23-24-25-26-27-28-29-30-31-32-33-34-35-36-37-38-40-42-44-46-48-49-47-45-43-41-39/h39H,2-38H2,1H3. The van der Waals surface area contributed by atoms with E-state index in [1.54, 1.807) is 0 Å². The molecule has 0 saturated heterocycles. The summed E-state index contributed by atoms with van der Waals surface area (Å²) < 4.78 is 0. The molecule has 0 heterocycles. The largest absolute Gasteiger partial charge is 0.219 e. The van der Waals surface area contributed by atoms with Crippen LogP contribution in [0.15, 0.2) is 0 Å². The zero-order chi connectivity index (χ0) is 35.2. The molecule has 0 saturated carbocycles. The predicted molar refractivity (Wildman–Crippen MR) is 190 cm³/mol. The van der Waals surface area contributed by atoms with Crippen LogP contribution in [0.1, 0.15) is 238 Å². The van der Waals surface area contributed by atoms with E-state index in [0.29, 0.717) is 6.61 Å². The van der Waals surface area contributed by atoms with Crippen LogP contribution in [0.25, 0.3) is 0 Å². The molecule has 0 fully saturated rings. The van der Waals surface area contributed by atoms with Crippen molar-refractivity contribution in [3.8, 4) is 0 Å². The average Bonchev–Trinajstić information content (AvgIpc) is 3.11. The molecule has 11 nitrogen and oxygen atoms in total. The van der Waals surface area contributed by atoms with Gasteiger partial charge in [0.2, 0.25) is 0 Å². The molecule has 0 atom stereocenters. The van der Waals surface area contributed by atoms with E-state index in [-0.39, 0.29) is 0 Å². The molecular formula is C38H78O11. The second-order valence-corrected chi connectivity index (χ2v) is 13.8. The summed E-state index contributed by atoms with van der Waals surface area (Å²) in [6, 6.07) is 0. The first kappa shape index (κ1) is 48.6. The Kier molecular flexibility index (Phi) is 47.1. The maximum Gasteiger partial charge on any atom is 0.0855 e. The van der Waals surface area contributed by atoms with Crippen molar-refractivity contribution in [2.45, 2.75) is 238 Å². The first-order chi connectivity index (χ1) is 24.4. The first-order valence-electron chi connectivity index (χ1n) is 20.7. The highest BCUT2D eigenvalue weighted by atomic mass is 17.9. The molecule has 296 valence electrons. The van der Waals surface area contributed by atoms with E-state index in [2.05, 4.69) is 52.3 Å². The van der Waals surface area contributed by atoms with Crippen LogP contribution in [0, 0.1) is 0 Å². The lowest BCUT2D eigenvalue weighted by atomic mass is 10.0. The smallest absolute Gasteiger partial charge is 0.0855 e. The van der Waals surface area contributed by atoms with Crippen LogP contribution in [0.5, 0.6) is 0 Å². The molecule has 49 heavy (non-hydrogen) atoms. The zero-order valence-corrected chi connectivity index (χ0v) is 31.7. The van der Waals surface area contributed by atoms with Gasteiger partial charge in [0.05, 0.1) is 6.61 Å². The normalized spacial score (nSPS) is 11.6. The lowest BCUT2D eigenvalue weighted by Gasteiger charge is -2.05. The van der Waals surface area contributed by atoms with Gasteiger partial charge in [-0.2, -0.15) is 0 Å². The zero-order valence-electron chi connectivity index (χ0n) is 31.7. The van der Waals surface area contributed by atoms with E-state index in [9.17, 15) is 0 Å². The molecule has 0 aromatic heterocycles. The van der Waals surface area contributed by atoms with Gasteiger partial charge in [0, 0.05) is 0 Å². The molecule has 1 N–H and O–H groups in total. The summed E-state index contributed by atoms with van der Waals surface area (Å²) in [5.74, 6) is 0. The van der Waals surface area contributed by atoms with Crippen molar-refractivity contribution >= 4 is 0 Å². The van der Waals surface area contributed by atoms with E-state index in [0.717, 1.165) is 12.8 Å². The van der Waals surface area contributed by atoms with E-state index in [4.69, 9.17) is 10.1 Å². The molecule has 0 aromatic carbocycles. The van der Waals surface area contributed by atoms with Gasteiger partial charge >= 0.3 is 0 Å². The van der Waals surface area contributed by atoms with Gasteiger partial charge in [0.1, 0.15) is 0 Å². The van der Waals surface area contributed by atoms with Gasteiger partial charge in [-0.1, -0.05) is 232 Å². The highest BCUT2D eigenvalue weighted by molar-refractivity contribution is 4.53. The molecule has 0 aliphatic carbocycles. The first-order valence-corrected chi connectivity index (χ1v) is 20.7. The van der Waals surface area contributed by atoms with Crippen molar-refractivity contribution in [2.75, 3.05) is 6.61 Å². The second-order valence-electron chi connectivity index (χ2n) is 13.8. The molecule has 0 aliphatic rings. The third-order valence-corrected chi connectivity index (χ3v) is 9.35. The Morgan fingerprint density at radius 2 is 0.449 bits per heavy atom. The molecule has 0 aromatic rings. The average molecular weight is 711 g/mol. The number of hydrogen-bond donors (Lipinski definition) is 1. The fraction of sp³-hybridized carbons (Fsp3) is 1.00. The highest BCUT2D eigenvalue weighted by Crippen LogP contribution is 2.17. The van der Waals surface area contributed by atoms with Crippen LogP contribution in [-0.2, 0) is 50.2 Å². The summed E-state index contributed by atoms with van der Waals surface area (Å²) in [5, 5.41) is 40.8. The fourth-order valence-electron chi connectivity index (χ4n) is 6.38. The maximum absolute atomic E-state index is 7.70. The third kappa shape index (κ3) is 47.6. The molecule has 0 radical (unpaired) electrons. The summed E-state index contributed by atoms with van der Waals surface area (Å²) in [6.45, 7) is 2.65. The van der Waals surface area contributed by atoms with Crippen LogP contribution < -0.4 is 0 Å². The van der Waals surface area contributed by atoms with Gasteiger partial charge in [-0.15, -0.1) is 0 Å². The van der Waals surface area contributed by atoms with E-state index < -0.39 is 0 Å². The molecule has 0 rings (SSSR count). The van der Waals surface area contributed by atoms with Crippen molar-refractivity contribution in [3.05, 3.63) is 0 Å². The van der Waals surface area contributed by atoms with Gasteiger partial charge in [0.15, 0.2) is 0 Å². The van der Waals surface area contributed by atoms with Gasteiger partial charge in [-0.3, -0.25) is 0 Å².